The van der Waals surface area contributed by atoms with Crippen molar-refractivity contribution < 1.29 is 5.11 Å². The van der Waals surface area contributed by atoms with Gasteiger partial charge in [0.2, 0.25) is 0 Å². The minimum absolute atomic E-state index is 0.0230. The zero-order valence-electron chi connectivity index (χ0n) is 16.4. The maximum atomic E-state index is 10.3. The van der Waals surface area contributed by atoms with Gasteiger partial charge in [0, 0.05) is 50.5 Å². The van der Waals surface area contributed by atoms with Crippen LogP contribution in [-0.4, -0.2) is 59.3 Å². The van der Waals surface area contributed by atoms with Crippen LogP contribution >= 0.6 is 0 Å². The number of anilines is 1. The van der Waals surface area contributed by atoms with E-state index in [9.17, 15) is 5.11 Å². The monoisotopic (exact) mass is 356 g/mol. The van der Waals surface area contributed by atoms with Gasteiger partial charge in [-0.05, 0) is 37.5 Å². The number of fused-ring (bicyclic) bond motifs is 1. The summed E-state index contributed by atoms with van der Waals surface area (Å²) < 4.78 is 0. The van der Waals surface area contributed by atoms with Gasteiger partial charge in [-0.25, -0.2) is 4.98 Å². The van der Waals surface area contributed by atoms with Gasteiger partial charge in [-0.2, -0.15) is 0 Å². The van der Waals surface area contributed by atoms with Crippen molar-refractivity contribution in [3.63, 3.8) is 0 Å². The predicted molar refractivity (Wildman–Crippen MR) is 104 cm³/mol. The number of aliphatic hydroxyl groups is 1. The molecule has 0 aromatic carbocycles. The topological polar surface area (TPSA) is 52.5 Å². The lowest BCUT2D eigenvalue weighted by atomic mass is 9.72. The largest absolute Gasteiger partial charge is 0.396 e. The van der Waals surface area contributed by atoms with Crippen molar-refractivity contribution in [2.24, 2.45) is 16.7 Å². The molecule has 5 nitrogen and oxygen atoms in total. The first-order valence-electron chi connectivity index (χ1n) is 9.97. The summed E-state index contributed by atoms with van der Waals surface area (Å²) in [6.07, 6.45) is 9.17. The molecule has 0 saturated carbocycles. The second kappa shape index (κ2) is 6.61. The fourth-order valence-corrected chi connectivity index (χ4v) is 5.51. The molecule has 5 heteroatoms. The molecular weight excluding hydrogens is 324 g/mol. The molecule has 4 rings (SSSR count). The van der Waals surface area contributed by atoms with Gasteiger partial charge in [0.15, 0.2) is 0 Å². The van der Waals surface area contributed by atoms with Gasteiger partial charge in [-0.15, -0.1) is 0 Å². The molecule has 0 amide bonds. The van der Waals surface area contributed by atoms with Crippen LogP contribution in [0.25, 0.3) is 0 Å². The van der Waals surface area contributed by atoms with Gasteiger partial charge in [0.25, 0.3) is 0 Å². The van der Waals surface area contributed by atoms with E-state index in [4.69, 9.17) is 0 Å². The van der Waals surface area contributed by atoms with Gasteiger partial charge < -0.3 is 10.0 Å². The van der Waals surface area contributed by atoms with Gasteiger partial charge in [0.05, 0.1) is 12.8 Å². The van der Waals surface area contributed by atoms with E-state index >= 15 is 0 Å². The second-order valence-electron chi connectivity index (χ2n) is 9.33. The molecule has 3 aliphatic rings. The Hall–Kier alpha value is -1.46. The quantitative estimate of drug-likeness (QED) is 0.841. The van der Waals surface area contributed by atoms with Crippen LogP contribution in [-0.2, 0) is 0 Å². The summed E-state index contributed by atoms with van der Waals surface area (Å²) in [5.74, 6) is 1.44. The molecule has 142 valence electrons. The van der Waals surface area contributed by atoms with E-state index in [0.29, 0.717) is 11.3 Å². The lowest BCUT2D eigenvalue weighted by molar-refractivity contribution is 0.126. The number of aromatic nitrogens is 2. The molecular formula is C21H32N4O. The van der Waals surface area contributed by atoms with Crippen molar-refractivity contribution in [1.29, 1.82) is 0 Å². The SMILES string of the molecule is CC1=C(CN2CC3CN(c4cnccn4)CC3(CO)C2)C(C)(C)CCC1. The van der Waals surface area contributed by atoms with Crippen LogP contribution in [0.3, 0.4) is 0 Å². The zero-order valence-corrected chi connectivity index (χ0v) is 16.4. The first-order chi connectivity index (χ1) is 12.4. The van der Waals surface area contributed by atoms with Gasteiger partial charge in [0.1, 0.15) is 5.82 Å². The van der Waals surface area contributed by atoms with Crippen LogP contribution in [0.15, 0.2) is 29.7 Å². The minimum Gasteiger partial charge on any atom is -0.396 e. The molecule has 1 aromatic heterocycles. The van der Waals surface area contributed by atoms with Gasteiger partial charge >= 0.3 is 0 Å². The Morgan fingerprint density at radius 2 is 2.08 bits per heavy atom. The molecule has 26 heavy (non-hydrogen) atoms. The Balaban J connectivity index is 1.48. The molecule has 1 aliphatic carbocycles. The van der Waals surface area contributed by atoms with Crippen molar-refractivity contribution in [3.05, 3.63) is 29.7 Å². The summed E-state index contributed by atoms with van der Waals surface area (Å²) in [6, 6.07) is 0. The van der Waals surface area contributed by atoms with E-state index in [2.05, 4.69) is 40.5 Å². The van der Waals surface area contributed by atoms with Crippen molar-refractivity contribution in [2.75, 3.05) is 44.2 Å². The molecule has 2 unspecified atom stereocenters. The third-order valence-electron chi connectivity index (χ3n) is 7.09. The van der Waals surface area contributed by atoms with Crippen molar-refractivity contribution in [3.8, 4) is 0 Å². The third kappa shape index (κ3) is 3.05. The summed E-state index contributed by atoms with van der Waals surface area (Å²) in [7, 11) is 0. The summed E-state index contributed by atoms with van der Waals surface area (Å²) in [5, 5.41) is 10.3. The normalized spacial score (nSPS) is 31.5. The molecule has 1 aromatic rings. The highest BCUT2D eigenvalue weighted by Crippen LogP contribution is 2.46. The van der Waals surface area contributed by atoms with Crippen LogP contribution in [0.5, 0.6) is 0 Å². The molecule has 1 N–H and O–H groups in total. The number of hydrogen-bond donors (Lipinski definition) is 1. The first-order valence-corrected chi connectivity index (χ1v) is 9.97. The molecule has 2 fully saturated rings. The van der Waals surface area contributed by atoms with Crippen LogP contribution < -0.4 is 4.90 Å². The Morgan fingerprint density at radius 1 is 1.23 bits per heavy atom. The highest BCUT2D eigenvalue weighted by Gasteiger charge is 2.52. The van der Waals surface area contributed by atoms with E-state index in [0.717, 1.165) is 38.5 Å². The van der Waals surface area contributed by atoms with E-state index in [1.807, 2.05) is 6.20 Å². The fraction of sp³-hybridized carbons (Fsp3) is 0.714. The van der Waals surface area contributed by atoms with Crippen LogP contribution in [0.4, 0.5) is 5.82 Å². The fourth-order valence-electron chi connectivity index (χ4n) is 5.51. The molecule has 0 radical (unpaired) electrons. The third-order valence-corrected chi connectivity index (χ3v) is 7.09. The lowest BCUT2D eigenvalue weighted by Gasteiger charge is -2.37. The Morgan fingerprint density at radius 3 is 2.73 bits per heavy atom. The smallest absolute Gasteiger partial charge is 0.147 e. The second-order valence-corrected chi connectivity index (χ2v) is 9.33. The van der Waals surface area contributed by atoms with E-state index in [1.165, 1.54) is 19.3 Å². The van der Waals surface area contributed by atoms with E-state index in [-0.39, 0.29) is 12.0 Å². The number of likely N-dealkylation sites (tertiary alicyclic amines) is 1. The number of rotatable bonds is 4. The van der Waals surface area contributed by atoms with Crippen molar-refractivity contribution in [2.45, 2.75) is 40.0 Å². The highest BCUT2D eigenvalue weighted by atomic mass is 16.3. The molecule has 2 aliphatic heterocycles. The molecule has 0 spiro atoms. The number of nitrogens with zero attached hydrogens (tertiary/aromatic N) is 4. The average molecular weight is 357 g/mol. The first kappa shape index (κ1) is 17.9. The average Bonchev–Trinajstić information content (AvgIpc) is 3.13. The maximum Gasteiger partial charge on any atom is 0.147 e. The van der Waals surface area contributed by atoms with Crippen LogP contribution in [0.1, 0.15) is 40.0 Å². The summed E-state index contributed by atoms with van der Waals surface area (Å²) in [6.45, 7) is 12.4. The summed E-state index contributed by atoms with van der Waals surface area (Å²) in [5.41, 5.74) is 3.53. The molecule has 0 bridgehead atoms. The Labute approximate surface area is 157 Å². The Kier molecular flexibility index (Phi) is 4.56. The number of allylic oxidation sites excluding steroid dienone is 1. The zero-order chi connectivity index (χ0) is 18.4. The van der Waals surface area contributed by atoms with Crippen molar-refractivity contribution >= 4 is 5.82 Å². The standard InChI is InChI=1S/C21H32N4O/c1-16-5-4-6-20(2,3)18(16)12-24-10-17-11-25(14-21(17,13-24)15-26)19-9-22-7-8-23-19/h7-9,17,26H,4-6,10-15H2,1-3H3. The maximum absolute atomic E-state index is 10.3. The van der Waals surface area contributed by atoms with Gasteiger partial charge in [-0.3, -0.25) is 9.88 Å². The summed E-state index contributed by atoms with van der Waals surface area (Å²) in [4.78, 5) is 13.6. The van der Waals surface area contributed by atoms with E-state index < -0.39 is 0 Å². The summed E-state index contributed by atoms with van der Waals surface area (Å²) >= 11 is 0. The van der Waals surface area contributed by atoms with Crippen LogP contribution in [0, 0.1) is 16.7 Å². The lowest BCUT2D eigenvalue weighted by Crippen LogP contribution is -2.39. The molecule has 2 atom stereocenters. The number of hydrogen-bond acceptors (Lipinski definition) is 5. The number of aliphatic hydroxyl groups excluding tert-OH is 1. The minimum atomic E-state index is -0.0230. The van der Waals surface area contributed by atoms with Crippen LogP contribution in [0.2, 0.25) is 0 Å². The van der Waals surface area contributed by atoms with Crippen molar-refractivity contribution in [1.82, 2.24) is 14.9 Å². The Bertz CT molecular complexity index is 687. The highest BCUT2D eigenvalue weighted by molar-refractivity contribution is 5.39. The molecule has 3 heterocycles. The molecule has 2 saturated heterocycles. The van der Waals surface area contributed by atoms with E-state index in [1.54, 1.807) is 23.5 Å². The van der Waals surface area contributed by atoms with Gasteiger partial charge in [-0.1, -0.05) is 25.0 Å². The predicted octanol–water partition coefficient (Wildman–Crippen LogP) is 2.73.